The van der Waals surface area contributed by atoms with Crippen LogP contribution in [0.1, 0.15) is 5.76 Å². The van der Waals surface area contributed by atoms with Crippen LogP contribution in [0.3, 0.4) is 0 Å². The molecule has 4 nitrogen and oxygen atoms in total. The highest BCUT2D eigenvalue weighted by Gasteiger charge is 2.23. The number of nitrogens with zero attached hydrogens (tertiary/aromatic N) is 1. The summed E-state index contributed by atoms with van der Waals surface area (Å²) in [6, 6.07) is 1.91. The monoisotopic (exact) mass is 227 g/mol. The topological polar surface area (TPSA) is 42.7 Å². The molecule has 15 heavy (non-hydrogen) atoms. The largest absolute Gasteiger partial charge is 0.468 e. The van der Waals surface area contributed by atoms with Crippen molar-refractivity contribution in [2.24, 2.45) is 0 Å². The summed E-state index contributed by atoms with van der Waals surface area (Å²) in [6.07, 6.45) is 2.54. The average Bonchev–Trinajstić information content (AvgIpc) is 2.65. The molecule has 1 atom stereocenters. The van der Waals surface area contributed by atoms with Gasteiger partial charge in [0.2, 0.25) is 6.41 Å². The summed E-state index contributed by atoms with van der Waals surface area (Å²) in [5, 5.41) is 0.0625. The second-order valence-electron chi connectivity index (χ2n) is 3.33. The van der Waals surface area contributed by atoms with Crippen LogP contribution in [0.25, 0.3) is 0 Å². The van der Waals surface area contributed by atoms with Crippen molar-refractivity contribution < 1.29 is 13.9 Å². The molecule has 2 heterocycles. The zero-order chi connectivity index (χ0) is 10.7. The number of ether oxygens (including phenoxy) is 1. The average molecular weight is 227 g/mol. The van der Waals surface area contributed by atoms with Crippen molar-refractivity contribution in [2.45, 2.75) is 17.2 Å². The van der Waals surface area contributed by atoms with E-state index in [0.717, 1.165) is 17.1 Å². The van der Waals surface area contributed by atoms with Crippen LogP contribution in [-0.2, 0) is 9.53 Å². The Morgan fingerprint density at radius 2 is 2.53 bits per heavy atom. The first-order valence-corrected chi connectivity index (χ1v) is 5.69. The molecular weight excluding hydrogens is 214 g/mol. The van der Waals surface area contributed by atoms with Gasteiger partial charge in [0.15, 0.2) is 0 Å². The molecule has 1 saturated heterocycles. The normalized spacial score (nSPS) is 21.7. The van der Waals surface area contributed by atoms with Gasteiger partial charge in [-0.25, -0.2) is 0 Å². The third kappa shape index (κ3) is 2.35. The molecule has 2 rings (SSSR count). The van der Waals surface area contributed by atoms with Gasteiger partial charge < -0.3 is 14.1 Å². The van der Waals surface area contributed by atoms with Gasteiger partial charge in [0, 0.05) is 6.54 Å². The van der Waals surface area contributed by atoms with Gasteiger partial charge in [0.05, 0.1) is 24.4 Å². The third-order valence-corrected chi connectivity index (χ3v) is 3.69. The highest BCUT2D eigenvalue weighted by atomic mass is 32.2. The molecule has 1 unspecified atom stereocenters. The fourth-order valence-corrected chi connectivity index (χ4v) is 2.55. The number of morpholine rings is 1. The summed E-state index contributed by atoms with van der Waals surface area (Å²) in [5.41, 5.74) is 0. The number of carbonyl (C=O) groups is 1. The molecule has 5 heteroatoms. The van der Waals surface area contributed by atoms with Crippen LogP contribution in [0.15, 0.2) is 21.6 Å². The van der Waals surface area contributed by atoms with E-state index in [-0.39, 0.29) is 5.37 Å². The number of thioether (sulfide) groups is 1. The number of aryl methyl sites for hydroxylation is 1. The number of furan rings is 1. The number of rotatable bonds is 3. The van der Waals surface area contributed by atoms with Crippen LogP contribution in [-0.4, -0.2) is 36.4 Å². The fourth-order valence-electron chi connectivity index (χ4n) is 1.46. The van der Waals surface area contributed by atoms with Crippen LogP contribution in [0.2, 0.25) is 0 Å². The lowest BCUT2D eigenvalue weighted by molar-refractivity contribution is -0.123. The second kappa shape index (κ2) is 4.72. The van der Waals surface area contributed by atoms with Crippen molar-refractivity contribution in [1.29, 1.82) is 0 Å². The molecular formula is C10H13NO3S. The van der Waals surface area contributed by atoms with Crippen molar-refractivity contribution in [3.8, 4) is 0 Å². The molecule has 0 bridgehead atoms. The number of carbonyl (C=O) groups excluding carboxylic acids is 1. The van der Waals surface area contributed by atoms with Gasteiger partial charge in [-0.1, -0.05) is 11.8 Å². The third-order valence-electron chi connectivity index (χ3n) is 2.33. The van der Waals surface area contributed by atoms with Crippen molar-refractivity contribution in [3.05, 3.63) is 18.1 Å². The Bertz CT molecular complexity index is 339. The van der Waals surface area contributed by atoms with E-state index in [2.05, 4.69) is 0 Å². The minimum absolute atomic E-state index is 0.0625. The minimum atomic E-state index is 0.0625. The number of hydrogen-bond donors (Lipinski definition) is 0. The molecule has 0 aromatic carbocycles. The van der Waals surface area contributed by atoms with Crippen LogP contribution >= 0.6 is 11.8 Å². The molecule has 1 aliphatic rings. The highest BCUT2D eigenvalue weighted by Crippen LogP contribution is 2.30. The van der Waals surface area contributed by atoms with E-state index in [9.17, 15) is 4.79 Å². The minimum Gasteiger partial charge on any atom is -0.468 e. The molecule has 1 amide bonds. The Kier molecular flexibility index (Phi) is 3.33. The van der Waals surface area contributed by atoms with E-state index in [4.69, 9.17) is 9.15 Å². The van der Waals surface area contributed by atoms with E-state index in [1.54, 1.807) is 22.9 Å². The van der Waals surface area contributed by atoms with Gasteiger partial charge >= 0.3 is 0 Å². The first-order valence-electron chi connectivity index (χ1n) is 4.81. The molecule has 0 radical (unpaired) electrons. The smallest absolute Gasteiger partial charge is 0.210 e. The molecule has 0 saturated carbocycles. The lowest BCUT2D eigenvalue weighted by Crippen LogP contribution is -2.42. The van der Waals surface area contributed by atoms with Gasteiger partial charge in [0.25, 0.3) is 0 Å². The van der Waals surface area contributed by atoms with Gasteiger partial charge in [-0.3, -0.25) is 4.79 Å². The molecule has 1 fully saturated rings. The molecule has 0 N–H and O–H groups in total. The second-order valence-corrected chi connectivity index (χ2v) is 4.55. The van der Waals surface area contributed by atoms with E-state index in [1.165, 1.54) is 0 Å². The molecule has 82 valence electrons. The first-order chi connectivity index (χ1) is 7.31. The SMILES string of the molecule is Cc1occc1SC1COCCN1C=O. The van der Waals surface area contributed by atoms with Crippen molar-refractivity contribution in [1.82, 2.24) is 4.90 Å². The highest BCUT2D eigenvalue weighted by molar-refractivity contribution is 8.00. The van der Waals surface area contributed by atoms with E-state index < -0.39 is 0 Å². The Morgan fingerprint density at radius 3 is 3.20 bits per heavy atom. The van der Waals surface area contributed by atoms with Crippen LogP contribution in [0, 0.1) is 6.92 Å². The lowest BCUT2D eigenvalue weighted by atomic mass is 10.5. The van der Waals surface area contributed by atoms with E-state index in [1.807, 2.05) is 13.0 Å². The first kappa shape index (κ1) is 10.6. The molecule has 0 aliphatic carbocycles. The maximum absolute atomic E-state index is 10.8. The fraction of sp³-hybridized carbons (Fsp3) is 0.500. The number of amides is 1. The summed E-state index contributed by atoms with van der Waals surface area (Å²) < 4.78 is 10.6. The zero-order valence-corrected chi connectivity index (χ0v) is 9.33. The predicted octanol–water partition coefficient (Wildman–Crippen LogP) is 1.49. The van der Waals surface area contributed by atoms with Crippen LogP contribution in [0.5, 0.6) is 0 Å². The maximum Gasteiger partial charge on any atom is 0.210 e. The summed E-state index contributed by atoms with van der Waals surface area (Å²) in [7, 11) is 0. The van der Waals surface area contributed by atoms with Gasteiger partial charge in [-0.2, -0.15) is 0 Å². The Morgan fingerprint density at radius 1 is 1.67 bits per heavy atom. The van der Waals surface area contributed by atoms with E-state index >= 15 is 0 Å². The summed E-state index contributed by atoms with van der Waals surface area (Å²) in [4.78, 5) is 13.6. The Hall–Kier alpha value is -0.940. The quantitative estimate of drug-likeness (QED) is 0.734. The molecule has 0 spiro atoms. The molecule has 1 aromatic rings. The zero-order valence-electron chi connectivity index (χ0n) is 8.51. The lowest BCUT2D eigenvalue weighted by Gasteiger charge is -2.31. The van der Waals surface area contributed by atoms with E-state index in [0.29, 0.717) is 19.8 Å². The van der Waals surface area contributed by atoms with Crippen LogP contribution < -0.4 is 0 Å². The maximum atomic E-state index is 10.8. The van der Waals surface area contributed by atoms with Gasteiger partial charge in [0.1, 0.15) is 11.1 Å². The molecule has 1 aromatic heterocycles. The van der Waals surface area contributed by atoms with Crippen molar-refractivity contribution in [2.75, 3.05) is 19.8 Å². The van der Waals surface area contributed by atoms with Gasteiger partial charge in [-0.15, -0.1) is 0 Å². The standard InChI is InChI=1S/C10H13NO3S/c1-8-9(2-4-14-8)15-10-6-13-5-3-11(10)7-12/h2,4,7,10H,3,5-6H2,1H3. The summed E-state index contributed by atoms with van der Waals surface area (Å²) in [6.45, 7) is 3.78. The number of hydrogen-bond acceptors (Lipinski definition) is 4. The molecule has 1 aliphatic heterocycles. The van der Waals surface area contributed by atoms with Crippen molar-refractivity contribution >= 4 is 18.2 Å². The van der Waals surface area contributed by atoms with Gasteiger partial charge in [-0.05, 0) is 13.0 Å². The summed E-state index contributed by atoms with van der Waals surface area (Å²) in [5.74, 6) is 0.886. The Balaban J connectivity index is 2.03. The van der Waals surface area contributed by atoms with Crippen molar-refractivity contribution in [3.63, 3.8) is 0 Å². The predicted molar refractivity (Wildman–Crippen MR) is 56.7 cm³/mol. The van der Waals surface area contributed by atoms with Crippen LogP contribution in [0.4, 0.5) is 0 Å². The summed E-state index contributed by atoms with van der Waals surface area (Å²) >= 11 is 1.61. The Labute approximate surface area is 92.6 Å².